The molecule has 3 aromatic rings. The summed E-state index contributed by atoms with van der Waals surface area (Å²) in [5.41, 5.74) is -1.40. The Morgan fingerprint density at radius 3 is 2.33 bits per heavy atom. The number of thiol groups is 1. The molecule has 1 fully saturated rings. The van der Waals surface area contributed by atoms with Crippen molar-refractivity contribution in [2.75, 3.05) is 12.4 Å². The molecule has 214 valence electrons. The van der Waals surface area contributed by atoms with Gasteiger partial charge in [-0.25, -0.2) is 28.7 Å². The van der Waals surface area contributed by atoms with Gasteiger partial charge >= 0.3 is 6.18 Å². The number of halogens is 6. The van der Waals surface area contributed by atoms with Crippen LogP contribution in [0, 0.1) is 17.5 Å². The van der Waals surface area contributed by atoms with E-state index in [4.69, 9.17) is 0 Å². The van der Waals surface area contributed by atoms with Crippen LogP contribution in [0.5, 0.6) is 0 Å². The van der Waals surface area contributed by atoms with Gasteiger partial charge in [-0.1, -0.05) is 30.3 Å². The standard InChI is InChI=1S/C25H27F6N3O4S/c1-2-18(36)24(13-5-3-4-6-14(13)25(29,30)31)39-11-19(37)22(23(38)20(39)10-35)34-9-17(32-33-34)12-7-15(26)21(28)16(27)8-12/h3-9,18-20,22-24,35-39H,2,10-11H2,1H3/t18?,19-,20+,22-,23-,24?/m0/s1. The minimum absolute atomic E-state index is 0.0840. The number of hydrogen-bond acceptors (Lipinski definition) is 6. The lowest BCUT2D eigenvalue weighted by Gasteiger charge is -2.49. The second kappa shape index (κ2) is 11.5. The van der Waals surface area contributed by atoms with Crippen LogP contribution < -0.4 is 0 Å². The Hall–Kier alpha value is -2.65. The van der Waals surface area contributed by atoms with Crippen molar-refractivity contribution < 1.29 is 46.8 Å². The maximum atomic E-state index is 13.9. The van der Waals surface area contributed by atoms with Crippen molar-refractivity contribution in [2.45, 2.75) is 54.4 Å². The van der Waals surface area contributed by atoms with Crippen molar-refractivity contribution in [3.8, 4) is 11.3 Å². The van der Waals surface area contributed by atoms with Gasteiger partial charge in [0.25, 0.3) is 0 Å². The minimum Gasteiger partial charge on any atom is -0.395 e. The third kappa shape index (κ3) is 5.66. The Labute approximate surface area is 222 Å². The molecular formula is C25H27F6N3O4S. The number of aromatic nitrogens is 3. The lowest BCUT2D eigenvalue weighted by molar-refractivity contribution is -0.138. The normalized spacial score (nSPS) is 26.4. The number of aliphatic hydroxyl groups excluding tert-OH is 4. The predicted octanol–water partition coefficient (Wildman–Crippen LogP) is 3.53. The fourth-order valence-electron chi connectivity index (χ4n) is 5.08. The fourth-order valence-corrected chi connectivity index (χ4v) is 8.65. The summed E-state index contributed by atoms with van der Waals surface area (Å²) in [5, 5.41) is 48.9. The van der Waals surface area contributed by atoms with E-state index in [9.17, 15) is 46.8 Å². The van der Waals surface area contributed by atoms with E-state index in [0.717, 1.165) is 10.7 Å². The van der Waals surface area contributed by atoms with Crippen LogP contribution in [-0.4, -0.2) is 71.3 Å². The summed E-state index contributed by atoms with van der Waals surface area (Å²) in [7, 11) is -1.83. The molecule has 2 aromatic carbocycles. The molecule has 1 saturated heterocycles. The van der Waals surface area contributed by atoms with Crippen molar-refractivity contribution in [1.82, 2.24) is 15.0 Å². The summed E-state index contributed by atoms with van der Waals surface area (Å²) in [6, 6.07) is 4.94. The van der Waals surface area contributed by atoms with E-state index < -0.39 is 81.5 Å². The molecule has 0 amide bonds. The zero-order valence-electron chi connectivity index (χ0n) is 20.5. The number of nitrogens with zero attached hydrogens (tertiary/aromatic N) is 3. The highest BCUT2D eigenvalue weighted by molar-refractivity contribution is 8.18. The lowest BCUT2D eigenvalue weighted by atomic mass is 9.99. The van der Waals surface area contributed by atoms with Crippen LogP contribution in [0.3, 0.4) is 0 Å². The van der Waals surface area contributed by atoms with E-state index in [2.05, 4.69) is 10.3 Å². The monoisotopic (exact) mass is 579 g/mol. The molecule has 0 spiro atoms. The molecule has 2 heterocycles. The molecule has 1 aromatic heterocycles. The molecule has 4 N–H and O–H groups in total. The fraction of sp³-hybridized carbons (Fsp3) is 0.440. The Kier molecular flexibility index (Phi) is 8.61. The van der Waals surface area contributed by atoms with Gasteiger partial charge in [0, 0.05) is 21.8 Å². The summed E-state index contributed by atoms with van der Waals surface area (Å²) < 4.78 is 83.4. The van der Waals surface area contributed by atoms with Crippen molar-refractivity contribution in [1.29, 1.82) is 0 Å². The highest BCUT2D eigenvalue weighted by Gasteiger charge is 2.48. The molecule has 3 unspecified atom stereocenters. The van der Waals surface area contributed by atoms with Crippen LogP contribution in [0.2, 0.25) is 0 Å². The number of alkyl halides is 3. The van der Waals surface area contributed by atoms with E-state index in [1.165, 1.54) is 24.4 Å². The lowest BCUT2D eigenvalue weighted by Crippen LogP contribution is -2.51. The van der Waals surface area contributed by atoms with Crippen molar-refractivity contribution in [2.24, 2.45) is 0 Å². The Bertz CT molecular complexity index is 1290. The topological polar surface area (TPSA) is 112 Å². The summed E-state index contributed by atoms with van der Waals surface area (Å²) >= 11 is 0. The first kappa shape index (κ1) is 29.3. The average Bonchev–Trinajstić information content (AvgIpc) is 3.36. The summed E-state index contributed by atoms with van der Waals surface area (Å²) in [6.45, 7) is 0.933. The molecule has 4 rings (SSSR count). The Balaban J connectivity index is 1.70. The predicted molar refractivity (Wildman–Crippen MR) is 132 cm³/mol. The van der Waals surface area contributed by atoms with Gasteiger partial charge in [-0.3, -0.25) is 0 Å². The van der Waals surface area contributed by atoms with Crippen LogP contribution >= 0.6 is 10.9 Å². The summed E-state index contributed by atoms with van der Waals surface area (Å²) in [6.07, 6.45) is -7.66. The van der Waals surface area contributed by atoms with Gasteiger partial charge in [-0.05, 0) is 30.2 Å². The SMILES string of the molecule is CCC(O)C(c1ccccc1C(F)(F)F)[SH]1C[C@H](O)[C@H](n2cc(-c3cc(F)c(F)c(F)c3)nn2)[C@@H](O)[C@H]1CO. The molecule has 1 aliphatic rings. The first-order valence-corrected chi connectivity index (χ1v) is 13.7. The van der Waals surface area contributed by atoms with E-state index >= 15 is 0 Å². The Morgan fingerprint density at radius 1 is 1.10 bits per heavy atom. The molecule has 0 bridgehead atoms. The Morgan fingerprint density at radius 2 is 1.74 bits per heavy atom. The number of rotatable bonds is 7. The van der Waals surface area contributed by atoms with Gasteiger partial charge in [0.15, 0.2) is 17.5 Å². The van der Waals surface area contributed by atoms with Crippen LogP contribution in [0.4, 0.5) is 26.3 Å². The smallest absolute Gasteiger partial charge is 0.395 e. The number of benzene rings is 2. The number of hydrogen-bond donors (Lipinski definition) is 5. The van der Waals surface area contributed by atoms with Crippen LogP contribution in [-0.2, 0) is 6.18 Å². The molecule has 0 aliphatic carbocycles. The highest BCUT2D eigenvalue weighted by atomic mass is 32.2. The number of aliphatic hydroxyl groups is 4. The van der Waals surface area contributed by atoms with Crippen LogP contribution in [0.25, 0.3) is 11.3 Å². The van der Waals surface area contributed by atoms with Crippen LogP contribution in [0.15, 0.2) is 42.6 Å². The zero-order chi connectivity index (χ0) is 28.6. The maximum Gasteiger partial charge on any atom is 0.416 e. The van der Waals surface area contributed by atoms with Gasteiger partial charge in [-0.15, -0.1) is 5.10 Å². The van der Waals surface area contributed by atoms with Gasteiger partial charge in [0.05, 0.1) is 36.7 Å². The molecule has 7 nitrogen and oxygen atoms in total. The maximum absolute atomic E-state index is 13.9. The largest absolute Gasteiger partial charge is 0.416 e. The first-order valence-electron chi connectivity index (χ1n) is 12.0. The highest BCUT2D eigenvalue weighted by Crippen LogP contribution is 2.56. The van der Waals surface area contributed by atoms with Gasteiger partial charge in [0.1, 0.15) is 11.7 Å². The molecule has 1 aliphatic heterocycles. The summed E-state index contributed by atoms with van der Waals surface area (Å²) in [4.78, 5) is 0. The van der Waals surface area contributed by atoms with E-state index in [0.29, 0.717) is 12.1 Å². The minimum atomic E-state index is -4.72. The third-order valence-electron chi connectivity index (χ3n) is 6.97. The molecule has 0 radical (unpaired) electrons. The molecule has 14 heteroatoms. The average molecular weight is 580 g/mol. The second-order valence-corrected chi connectivity index (χ2v) is 12.0. The second-order valence-electron chi connectivity index (χ2n) is 9.34. The van der Waals surface area contributed by atoms with E-state index in [1.54, 1.807) is 6.92 Å². The third-order valence-corrected chi connectivity index (χ3v) is 10.4. The molecule has 39 heavy (non-hydrogen) atoms. The van der Waals surface area contributed by atoms with Crippen molar-refractivity contribution in [3.05, 3.63) is 71.2 Å². The van der Waals surface area contributed by atoms with E-state index in [-0.39, 0.29) is 29.0 Å². The summed E-state index contributed by atoms with van der Waals surface area (Å²) in [5.74, 6) is -4.74. The molecule has 0 saturated carbocycles. The van der Waals surface area contributed by atoms with Crippen molar-refractivity contribution >= 4 is 10.9 Å². The van der Waals surface area contributed by atoms with Gasteiger partial charge < -0.3 is 20.4 Å². The molecular weight excluding hydrogens is 552 g/mol. The zero-order valence-corrected chi connectivity index (χ0v) is 21.4. The first-order chi connectivity index (χ1) is 18.4. The van der Waals surface area contributed by atoms with Crippen LogP contribution in [0.1, 0.15) is 35.8 Å². The molecule has 7 atom stereocenters. The van der Waals surface area contributed by atoms with E-state index in [1.807, 2.05) is 0 Å². The van der Waals surface area contributed by atoms with Crippen molar-refractivity contribution in [3.63, 3.8) is 0 Å². The van der Waals surface area contributed by atoms with Gasteiger partial charge in [-0.2, -0.15) is 13.2 Å². The van der Waals surface area contributed by atoms with Gasteiger partial charge in [0.2, 0.25) is 0 Å². The quantitative estimate of drug-likeness (QED) is 0.166.